The summed E-state index contributed by atoms with van der Waals surface area (Å²) in [6, 6.07) is 8.59. The van der Waals surface area contributed by atoms with E-state index in [2.05, 4.69) is 5.32 Å². The minimum Gasteiger partial charge on any atom is -0.508 e. The first-order valence-electron chi connectivity index (χ1n) is 5.54. The molecular weight excluding hydrogens is 269 g/mol. The van der Waals surface area contributed by atoms with Crippen molar-refractivity contribution in [3.63, 3.8) is 0 Å². The standard InChI is InChI=1S/C14H11ClFNO2/c1-8-5-6-9(7-12(8)18)14(19)17-13-10(15)3-2-4-11(13)16/h2-7,18H,1H3,(H,17,19). The first-order chi connectivity index (χ1) is 8.99. The number of anilines is 1. The van der Waals surface area contributed by atoms with Crippen molar-refractivity contribution < 1.29 is 14.3 Å². The lowest BCUT2D eigenvalue weighted by molar-refractivity contribution is 0.102. The Labute approximate surface area is 114 Å². The number of phenols is 1. The number of benzene rings is 2. The van der Waals surface area contributed by atoms with Crippen LogP contribution in [0.1, 0.15) is 15.9 Å². The third kappa shape index (κ3) is 2.85. The van der Waals surface area contributed by atoms with Gasteiger partial charge in [-0.15, -0.1) is 0 Å². The summed E-state index contributed by atoms with van der Waals surface area (Å²) in [6.45, 7) is 1.71. The van der Waals surface area contributed by atoms with Gasteiger partial charge in [-0.1, -0.05) is 23.7 Å². The Morgan fingerprint density at radius 3 is 2.68 bits per heavy atom. The van der Waals surface area contributed by atoms with Gasteiger partial charge in [-0.3, -0.25) is 4.79 Å². The number of carbonyl (C=O) groups excluding carboxylic acids is 1. The number of hydrogen-bond acceptors (Lipinski definition) is 2. The molecule has 0 radical (unpaired) electrons. The number of carbonyl (C=O) groups is 1. The van der Waals surface area contributed by atoms with Crippen molar-refractivity contribution >= 4 is 23.2 Å². The van der Waals surface area contributed by atoms with Gasteiger partial charge < -0.3 is 10.4 Å². The fourth-order valence-electron chi connectivity index (χ4n) is 1.55. The molecule has 98 valence electrons. The highest BCUT2D eigenvalue weighted by Crippen LogP contribution is 2.26. The summed E-state index contributed by atoms with van der Waals surface area (Å²) >= 11 is 5.81. The molecule has 0 spiro atoms. The van der Waals surface area contributed by atoms with Gasteiger partial charge in [0.05, 0.1) is 10.7 Å². The normalized spacial score (nSPS) is 10.3. The number of aryl methyl sites for hydroxylation is 1. The minimum absolute atomic E-state index is 0.00674. The third-order valence-electron chi connectivity index (χ3n) is 2.67. The number of nitrogens with one attached hydrogen (secondary N) is 1. The van der Waals surface area contributed by atoms with E-state index >= 15 is 0 Å². The molecule has 0 aromatic heterocycles. The smallest absolute Gasteiger partial charge is 0.255 e. The Kier molecular flexibility index (Phi) is 3.71. The van der Waals surface area contributed by atoms with E-state index in [9.17, 15) is 14.3 Å². The molecule has 0 heterocycles. The zero-order chi connectivity index (χ0) is 14.0. The highest BCUT2D eigenvalue weighted by atomic mass is 35.5. The van der Waals surface area contributed by atoms with Crippen LogP contribution in [-0.4, -0.2) is 11.0 Å². The van der Waals surface area contributed by atoms with Crippen molar-refractivity contribution in [2.75, 3.05) is 5.32 Å². The van der Waals surface area contributed by atoms with Crippen LogP contribution in [-0.2, 0) is 0 Å². The van der Waals surface area contributed by atoms with Gasteiger partial charge in [-0.2, -0.15) is 0 Å². The molecule has 2 aromatic carbocycles. The number of halogens is 2. The average molecular weight is 280 g/mol. The Balaban J connectivity index is 2.28. The second kappa shape index (κ2) is 5.28. The van der Waals surface area contributed by atoms with Gasteiger partial charge in [0.2, 0.25) is 0 Å². The summed E-state index contributed by atoms with van der Waals surface area (Å²) in [5.41, 5.74) is 0.803. The highest BCUT2D eigenvalue weighted by Gasteiger charge is 2.13. The maximum atomic E-state index is 13.5. The number of para-hydroxylation sites is 1. The van der Waals surface area contributed by atoms with Crippen LogP contribution in [0.2, 0.25) is 5.02 Å². The van der Waals surface area contributed by atoms with E-state index in [1.54, 1.807) is 19.1 Å². The Morgan fingerprint density at radius 1 is 1.32 bits per heavy atom. The van der Waals surface area contributed by atoms with E-state index in [4.69, 9.17) is 11.6 Å². The van der Waals surface area contributed by atoms with Crippen LogP contribution in [0.3, 0.4) is 0 Å². The monoisotopic (exact) mass is 279 g/mol. The Hall–Kier alpha value is -2.07. The van der Waals surface area contributed by atoms with E-state index in [0.29, 0.717) is 5.56 Å². The molecule has 2 N–H and O–H groups in total. The summed E-state index contributed by atoms with van der Waals surface area (Å²) in [5, 5.41) is 12.0. The van der Waals surface area contributed by atoms with Gasteiger partial charge in [0, 0.05) is 5.56 Å². The van der Waals surface area contributed by atoms with Gasteiger partial charge in [0.15, 0.2) is 0 Å². The number of amides is 1. The first kappa shape index (κ1) is 13.4. The molecule has 5 heteroatoms. The SMILES string of the molecule is Cc1ccc(C(=O)Nc2c(F)cccc2Cl)cc1O. The van der Waals surface area contributed by atoms with Crippen molar-refractivity contribution in [3.8, 4) is 5.75 Å². The van der Waals surface area contributed by atoms with Crippen molar-refractivity contribution in [2.45, 2.75) is 6.92 Å². The lowest BCUT2D eigenvalue weighted by Crippen LogP contribution is -2.13. The van der Waals surface area contributed by atoms with Crippen molar-refractivity contribution in [1.82, 2.24) is 0 Å². The molecule has 0 bridgehead atoms. The quantitative estimate of drug-likeness (QED) is 0.880. The Morgan fingerprint density at radius 2 is 2.05 bits per heavy atom. The zero-order valence-corrected chi connectivity index (χ0v) is 10.8. The van der Waals surface area contributed by atoms with E-state index in [-0.39, 0.29) is 22.0 Å². The predicted molar refractivity (Wildman–Crippen MR) is 72.2 cm³/mol. The highest BCUT2D eigenvalue weighted by molar-refractivity contribution is 6.34. The fraction of sp³-hybridized carbons (Fsp3) is 0.0714. The van der Waals surface area contributed by atoms with E-state index in [1.165, 1.54) is 24.3 Å². The van der Waals surface area contributed by atoms with Gasteiger partial charge in [0.1, 0.15) is 11.6 Å². The topological polar surface area (TPSA) is 49.3 Å². The molecule has 0 atom stereocenters. The lowest BCUT2D eigenvalue weighted by atomic mass is 10.1. The predicted octanol–water partition coefficient (Wildman–Crippen LogP) is 3.75. The van der Waals surface area contributed by atoms with Gasteiger partial charge in [-0.25, -0.2) is 4.39 Å². The molecule has 0 aliphatic heterocycles. The van der Waals surface area contributed by atoms with Crippen LogP contribution in [0.15, 0.2) is 36.4 Å². The lowest BCUT2D eigenvalue weighted by Gasteiger charge is -2.09. The number of phenolic OH excluding ortho intramolecular Hbond substituents is 1. The van der Waals surface area contributed by atoms with Crippen LogP contribution < -0.4 is 5.32 Å². The molecule has 0 fully saturated rings. The summed E-state index contributed by atoms with van der Waals surface area (Å²) < 4.78 is 13.5. The molecule has 3 nitrogen and oxygen atoms in total. The zero-order valence-electron chi connectivity index (χ0n) is 10.1. The number of hydrogen-bond donors (Lipinski definition) is 2. The molecule has 1 amide bonds. The maximum Gasteiger partial charge on any atom is 0.255 e. The molecule has 2 rings (SSSR count). The van der Waals surface area contributed by atoms with Crippen molar-refractivity contribution in [2.24, 2.45) is 0 Å². The second-order valence-corrected chi connectivity index (χ2v) is 4.46. The van der Waals surface area contributed by atoms with Crippen LogP contribution in [0.4, 0.5) is 10.1 Å². The van der Waals surface area contributed by atoms with Crippen molar-refractivity contribution in [3.05, 3.63) is 58.4 Å². The van der Waals surface area contributed by atoms with E-state index in [0.717, 1.165) is 0 Å². The summed E-state index contributed by atoms with van der Waals surface area (Å²) in [4.78, 5) is 11.9. The molecule has 0 unspecified atom stereocenters. The molecule has 19 heavy (non-hydrogen) atoms. The number of rotatable bonds is 2. The van der Waals surface area contributed by atoms with Gasteiger partial charge in [-0.05, 0) is 36.8 Å². The summed E-state index contributed by atoms with van der Waals surface area (Å²) in [5.74, 6) is -1.15. The largest absolute Gasteiger partial charge is 0.508 e. The van der Waals surface area contributed by atoms with Gasteiger partial charge >= 0.3 is 0 Å². The number of aromatic hydroxyl groups is 1. The molecule has 0 saturated carbocycles. The third-order valence-corrected chi connectivity index (χ3v) is 2.99. The second-order valence-electron chi connectivity index (χ2n) is 4.05. The average Bonchev–Trinajstić information content (AvgIpc) is 2.37. The summed E-state index contributed by atoms with van der Waals surface area (Å²) in [7, 11) is 0. The molecule has 0 aliphatic carbocycles. The molecule has 0 aliphatic rings. The van der Waals surface area contributed by atoms with Gasteiger partial charge in [0.25, 0.3) is 5.91 Å². The van der Waals surface area contributed by atoms with E-state index < -0.39 is 11.7 Å². The maximum absolute atomic E-state index is 13.5. The van der Waals surface area contributed by atoms with Crippen LogP contribution >= 0.6 is 11.6 Å². The molecule has 2 aromatic rings. The van der Waals surface area contributed by atoms with Crippen LogP contribution in [0, 0.1) is 12.7 Å². The van der Waals surface area contributed by atoms with Crippen LogP contribution in [0.5, 0.6) is 5.75 Å². The molecule has 0 saturated heterocycles. The van der Waals surface area contributed by atoms with Crippen LogP contribution in [0.25, 0.3) is 0 Å². The molecular formula is C14H11ClFNO2. The first-order valence-corrected chi connectivity index (χ1v) is 5.92. The van der Waals surface area contributed by atoms with E-state index in [1.807, 2.05) is 0 Å². The summed E-state index contributed by atoms with van der Waals surface area (Å²) in [6.07, 6.45) is 0. The van der Waals surface area contributed by atoms with Crippen molar-refractivity contribution in [1.29, 1.82) is 0 Å². The minimum atomic E-state index is -0.614. The fourth-order valence-corrected chi connectivity index (χ4v) is 1.76. The Bertz CT molecular complexity index is 623.